The molecule has 0 unspecified atom stereocenters. The molecule has 0 saturated carbocycles. The van der Waals surface area contributed by atoms with Crippen LogP contribution >= 0.6 is 23.1 Å². The number of carbonyl (C=O) groups is 2. The van der Waals surface area contributed by atoms with E-state index in [1.165, 1.54) is 47.4 Å². The maximum atomic E-state index is 13.5. The molecule has 35 heavy (non-hydrogen) atoms. The molecule has 0 aliphatic rings. The van der Waals surface area contributed by atoms with Crippen molar-refractivity contribution in [1.82, 2.24) is 30.3 Å². The van der Waals surface area contributed by atoms with Crippen LogP contribution in [0.2, 0.25) is 0 Å². The smallest absolute Gasteiger partial charge is 0.251 e. The summed E-state index contributed by atoms with van der Waals surface area (Å²) in [4.78, 5) is 25.0. The van der Waals surface area contributed by atoms with Crippen molar-refractivity contribution in [2.45, 2.75) is 32.5 Å². The topological polar surface area (TPSA) is 115 Å². The minimum atomic E-state index is -0.489. The van der Waals surface area contributed by atoms with Crippen molar-refractivity contribution < 1.29 is 14.0 Å². The van der Waals surface area contributed by atoms with Crippen molar-refractivity contribution in [2.75, 3.05) is 11.1 Å². The Morgan fingerprint density at radius 2 is 1.86 bits per heavy atom. The van der Waals surface area contributed by atoms with E-state index in [-0.39, 0.29) is 23.8 Å². The number of amides is 2. The van der Waals surface area contributed by atoms with Crippen molar-refractivity contribution in [3.63, 3.8) is 0 Å². The number of nitrogens with zero attached hydrogens (tertiary/aromatic N) is 5. The predicted molar refractivity (Wildman–Crippen MR) is 132 cm³/mol. The van der Waals surface area contributed by atoms with Gasteiger partial charge in [0.2, 0.25) is 11.0 Å². The van der Waals surface area contributed by atoms with E-state index in [2.05, 4.69) is 31.0 Å². The zero-order valence-electron chi connectivity index (χ0n) is 19.2. The van der Waals surface area contributed by atoms with E-state index in [1.807, 2.05) is 43.5 Å². The third kappa shape index (κ3) is 5.89. The van der Waals surface area contributed by atoms with Gasteiger partial charge in [-0.25, -0.2) is 4.39 Å². The second-order valence-corrected chi connectivity index (χ2v) is 9.73. The molecular weight excluding hydrogens is 489 g/mol. The Balaban J connectivity index is 1.55. The summed E-state index contributed by atoms with van der Waals surface area (Å²) < 4.78 is 15.3. The van der Waals surface area contributed by atoms with Gasteiger partial charge < -0.3 is 5.32 Å². The zero-order chi connectivity index (χ0) is 24.9. The maximum absolute atomic E-state index is 13.5. The fraction of sp³-hybridized carbons (Fsp3) is 0.217. The van der Waals surface area contributed by atoms with Crippen LogP contribution in [0.4, 0.5) is 9.52 Å². The fourth-order valence-corrected chi connectivity index (χ4v) is 4.62. The first-order valence-electron chi connectivity index (χ1n) is 10.6. The average Bonchev–Trinajstić information content (AvgIpc) is 3.43. The molecule has 0 fully saturated rings. The standard InChI is InChI=1S/C23H22FN7O2S2/c1-13-6-4-9-18(14(13)2)31-19(11-25-21(33)16-7-5-8-17(24)10-16)28-30-23(31)34-12-20(32)26-22-29-27-15(3)35-22/h4-10H,11-12H2,1-3H3,(H,25,33)(H,26,29,32). The third-order valence-electron chi connectivity index (χ3n) is 5.12. The number of aryl methyl sites for hydroxylation is 2. The summed E-state index contributed by atoms with van der Waals surface area (Å²) in [7, 11) is 0. The number of aromatic nitrogens is 5. The highest BCUT2D eigenvalue weighted by molar-refractivity contribution is 7.99. The second kappa shape index (κ2) is 10.7. The van der Waals surface area contributed by atoms with Crippen molar-refractivity contribution in [2.24, 2.45) is 0 Å². The molecule has 2 N–H and O–H groups in total. The van der Waals surface area contributed by atoms with Crippen molar-refractivity contribution in [3.05, 3.63) is 75.8 Å². The molecule has 2 aromatic heterocycles. The molecular formula is C23H22FN7O2S2. The highest BCUT2D eigenvalue weighted by Crippen LogP contribution is 2.26. The second-order valence-electron chi connectivity index (χ2n) is 7.61. The van der Waals surface area contributed by atoms with Crippen LogP contribution in [0.3, 0.4) is 0 Å². The Bertz CT molecular complexity index is 1390. The van der Waals surface area contributed by atoms with Gasteiger partial charge >= 0.3 is 0 Å². The van der Waals surface area contributed by atoms with Crippen LogP contribution in [-0.4, -0.2) is 42.5 Å². The predicted octanol–water partition coefficient (Wildman–Crippen LogP) is 3.84. The molecule has 0 radical (unpaired) electrons. The molecule has 0 spiro atoms. The Morgan fingerprint density at radius 3 is 2.60 bits per heavy atom. The van der Waals surface area contributed by atoms with Crippen LogP contribution in [0, 0.1) is 26.6 Å². The normalized spacial score (nSPS) is 10.9. The molecule has 2 amide bonds. The van der Waals surface area contributed by atoms with Gasteiger partial charge in [0.25, 0.3) is 5.91 Å². The number of carbonyl (C=O) groups excluding carboxylic acids is 2. The number of anilines is 1. The Hall–Kier alpha value is -3.64. The molecule has 4 rings (SSSR count). The zero-order valence-corrected chi connectivity index (χ0v) is 20.8. The number of hydrogen-bond donors (Lipinski definition) is 2. The van der Waals surface area contributed by atoms with Gasteiger partial charge in [-0.1, -0.05) is 41.3 Å². The van der Waals surface area contributed by atoms with E-state index in [0.29, 0.717) is 16.1 Å². The lowest BCUT2D eigenvalue weighted by molar-refractivity contribution is -0.113. The first-order chi connectivity index (χ1) is 16.8. The molecule has 0 aliphatic heterocycles. The number of rotatable bonds is 8. The maximum Gasteiger partial charge on any atom is 0.251 e. The quantitative estimate of drug-likeness (QED) is 0.345. The lowest BCUT2D eigenvalue weighted by atomic mass is 10.1. The van der Waals surface area contributed by atoms with Gasteiger partial charge in [-0.2, -0.15) is 0 Å². The summed E-state index contributed by atoms with van der Waals surface area (Å²) >= 11 is 2.51. The van der Waals surface area contributed by atoms with Crippen molar-refractivity contribution in [3.8, 4) is 5.69 Å². The van der Waals surface area contributed by atoms with Gasteiger partial charge in [0.1, 0.15) is 10.8 Å². The molecule has 12 heteroatoms. The van der Waals surface area contributed by atoms with E-state index in [9.17, 15) is 14.0 Å². The van der Waals surface area contributed by atoms with Gasteiger partial charge in [0, 0.05) is 5.56 Å². The number of thioether (sulfide) groups is 1. The molecule has 180 valence electrons. The van der Waals surface area contributed by atoms with E-state index in [4.69, 9.17) is 0 Å². The average molecular weight is 512 g/mol. The number of nitrogens with one attached hydrogen (secondary N) is 2. The largest absolute Gasteiger partial charge is 0.345 e. The van der Waals surface area contributed by atoms with Crippen LogP contribution < -0.4 is 10.6 Å². The third-order valence-corrected chi connectivity index (χ3v) is 6.80. The van der Waals surface area contributed by atoms with Crippen LogP contribution in [0.1, 0.15) is 32.3 Å². The van der Waals surface area contributed by atoms with Gasteiger partial charge in [0.05, 0.1) is 18.0 Å². The van der Waals surface area contributed by atoms with E-state index in [1.54, 1.807) is 0 Å². The van der Waals surface area contributed by atoms with Crippen LogP contribution in [0.15, 0.2) is 47.6 Å². The highest BCUT2D eigenvalue weighted by Gasteiger charge is 2.19. The summed E-state index contributed by atoms with van der Waals surface area (Å²) in [5.41, 5.74) is 3.14. The molecule has 0 atom stereocenters. The van der Waals surface area contributed by atoms with Gasteiger partial charge in [-0.15, -0.1) is 20.4 Å². The molecule has 0 aliphatic carbocycles. The minimum absolute atomic E-state index is 0.0621. The Morgan fingerprint density at radius 1 is 1.06 bits per heavy atom. The molecule has 2 heterocycles. The van der Waals surface area contributed by atoms with Crippen molar-refractivity contribution in [1.29, 1.82) is 0 Å². The monoisotopic (exact) mass is 511 g/mol. The summed E-state index contributed by atoms with van der Waals surface area (Å²) in [6.07, 6.45) is 0. The molecule has 2 aromatic carbocycles. The first kappa shape index (κ1) is 24.5. The lowest BCUT2D eigenvalue weighted by Gasteiger charge is -2.14. The summed E-state index contributed by atoms with van der Waals surface area (Å²) in [6, 6.07) is 11.3. The Kier molecular flexibility index (Phi) is 7.51. The minimum Gasteiger partial charge on any atom is -0.345 e. The van der Waals surface area contributed by atoms with Crippen LogP contribution in [0.5, 0.6) is 0 Å². The molecule has 9 nitrogen and oxygen atoms in total. The van der Waals surface area contributed by atoms with E-state index >= 15 is 0 Å². The molecule has 0 saturated heterocycles. The van der Waals surface area contributed by atoms with Gasteiger partial charge in [0.15, 0.2) is 11.0 Å². The summed E-state index contributed by atoms with van der Waals surface area (Å²) in [5, 5.41) is 23.5. The van der Waals surface area contributed by atoms with E-state index < -0.39 is 11.7 Å². The SMILES string of the molecule is Cc1nnc(NC(=O)CSc2nnc(CNC(=O)c3cccc(F)c3)n2-c2cccc(C)c2C)s1. The van der Waals surface area contributed by atoms with Crippen molar-refractivity contribution >= 4 is 40.0 Å². The highest BCUT2D eigenvalue weighted by atomic mass is 32.2. The molecule has 0 bridgehead atoms. The van der Waals surface area contributed by atoms with Crippen LogP contribution in [0.25, 0.3) is 5.69 Å². The first-order valence-corrected chi connectivity index (χ1v) is 12.4. The van der Waals surface area contributed by atoms with Crippen LogP contribution in [-0.2, 0) is 11.3 Å². The summed E-state index contributed by atoms with van der Waals surface area (Å²) in [6.45, 7) is 5.85. The number of benzene rings is 2. The fourth-order valence-electron chi connectivity index (χ4n) is 3.25. The molecule has 4 aromatic rings. The van der Waals surface area contributed by atoms with Gasteiger partial charge in [-0.05, 0) is 56.2 Å². The lowest BCUT2D eigenvalue weighted by Crippen LogP contribution is -2.25. The number of halogens is 1. The Labute approximate surface area is 209 Å². The van der Waals surface area contributed by atoms with Gasteiger partial charge in [-0.3, -0.25) is 19.5 Å². The summed E-state index contributed by atoms with van der Waals surface area (Å²) in [5.74, 6) is -0.608. The number of hydrogen-bond acceptors (Lipinski definition) is 8. The van der Waals surface area contributed by atoms with E-state index in [0.717, 1.165) is 21.8 Å².